The number of ether oxygens (including phenoxy) is 1. The second-order valence-electron chi connectivity index (χ2n) is 8.90. The second-order valence-corrected chi connectivity index (χ2v) is 9.68. The molecule has 0 bridgehead atoms. The highest BCUT2D eigenvalue weighted by Crippen LogP contribution is 2.36. The van der Waals surface area contributed by atoms with E-state index in [1.54, 1.807) is 25.2 Å². The first-order valence-corrected chi connectivity index (χ1v) is 13.7. The van der Waals surface area contributed by atoms with Crippen molar-refractivity contribution in [3.63, 3.8) is 0 Å². The Morgan fingerprint density at radius 1 is 1.00 bits per heavy atom. The van der Waals surface area contributed by atoms with Gasteiger partial charge in [-0.25, -0.2) is 36.9 Å². The van der Waals surface area contributed by atoms with Crippen LogP contribution in [-0.2, 0) is 5.75 Å². The van der Waals surface area contributed by atoms with E-state index in [1.165, 1.54) is 12.4 Å². The van der Waals surface area contributed by atoms with E-state index in [0.717, 1.165) is 37.6 Å². The first-order valence-electron chi connectivity index (χ1n) is 12.7. The number of nitrogens with one attached hydrogen (secondary N) is 3. The molecule has 0 amide bonds. The van der Waals surface area contributed by atoms with Gasteiger partial charge in [0.15, 0.2) is 17.4 Å². The number of nitrogens with zero attached hydrogens (tertiary/aromatic N) is 3. The van der Waals surface area contributed by atoms with Gasteiger partial charge in [-0.15, -0.1) is 0 Å². The van der Waals surface area contributed by atoms with Gasteiger partial charge in [0, 0.05) is 43.4 Å². The predicted octanol–water partition coefficient (Wildman–Crippen LogP) is 7.04. The smallest absolute Gasteiger partial charge is 0.228 e. The third-order valence-corrected chi connectivity index (χ3v) is 6.71. The lowest BCUT2D eigenvalue weighted by Crippen LogP contribution is -2.30. The fraction of sp³-hybridized carbons (Fsp3) is 0.250. The Bertz CT molecular complexity index is 1510. The van der Waals surface area contributed by atoms with Crippen LogP contribution < -0.4 is 20.1 Å². The van der Waals surface area contributed by atoms with Crippen molar-refractivity contribution in [2.24, 2.45) is 0 Å². The normalized spacial score (nSPS) is 14.5. The molecule has 2 aromatic carbocycles. The summed E-state index contributed by atoms with van der Waals surface area (Å²) in [5.41, 5.74) is -0.112. The summed E-state index contributed by atoms with van der Waals surface area (Å²) >= 11 is 0.656. The number of anilines is 2. The van der Waals surface area contributed by atoms with Gasteiger partial charge in [0.1, 0.15) is 23.5 Å². The van der Waals surface area contributed by atoms with E-state index in [0.29, 0.717) is 41.8 Å². The average molecular weight is 609 g/mol. The van der Waals surface area contributed by atoms with Crippen LogP contribution in [0.1, 0.15) is 18.4 Å². The fourth-order valence-corrected chi connectivity index (χ4v) is 4.57. The molecule has 1 fully saturated rings. The van der Waals surface area contributed by atoms with Crippen LogP contribution in [-0.4, -0.2) is 41.3 Å². The van der Waals surface area contributed by atoms with Gasteiger partial charge >= 0.3 is 0 Å². The van der Waals surface area contributed by atoms with Gasteiger partial charge in [-0.1, -0.05) is 0 Å². The Morgan fingerprint density at radius 3 is 2.55 bits per heavy atom. The molecular weight excluding hydrogens is 582 g/mol. The molecule has 3 N–H and O–H groups in total. The van der Waals surface area contributed by atoms with E-state index < -0.39 is 46.7 Å². The molecule has 3 heterocycles. The van der Waals surface area contributed by atoms with Crippen molar-refractivity contribution in [2.45, 2.75) is 24.8 Å². The molecule has 222 valence electrons. The predicted molar refractivity (Wildman–Crippen MR) is 149 cm³/mol. The van der Waals surface area contributed by atoms with Gasteiger partial charge in [0.25, 0.3) is 0 Å². The zero-order valence-electron chi connectivity index (χ0n) is 22.2. The largest absolute Gasteiger partial charge is 0.435 e. The van der Waals surface area contributed by atoms with Crippen LogP contribution in [0.2, 0.25) is 0 Å². The third-order valence-electron chi connectivity index (χ3n) is 5.90. The van der Waals surface area contributed by atoms with Gasteiger partial charge in [0.05, 0.1) is 11.3 Å². The molecule has 1 aliphatic heterocycles. The molecule has 0 saturated carbocycles. The molecule has 0 aliphatic carbocycles. The molecule has 7 nitrogen and oxygen atoms in total. The molecule has 1 atom stereocenters. The first kappa shape index (κ1) is 30.9. The minimum absolute atomic E-state index is 0.0300. The first-order chi connectivity index (χ1) is 20.3. The van der Waals surface area contributed by atoms with Crippen molar-refractivity contribution < 1.29 is 31.1 Å². The molecule has 0 spiro atoms. The lowest BCUT2D eigenvalue weighted by atomic mass is 10.1. The molecule has 42 heavy (non-hydrogen) atoms. The molecule has 2 aromatic heterocycles. The van der Waals surface area contributed by atoms with E-state index in [4.69, 9.17) is 4.74 Å². The van der Waals surface area contributed by atoms with Crippen molar-refractivity contribution in [2.75, 3.05) is 30.2 Å². The van der Waals surface area contributed by atoms with Crippen LogP contribution >= 0.6 is 11.9 Å². The molecule has 14 heteroatoms. The Kier molecular flexibility index (Phi) is 10.8. The zero-order valence-corrected chi connectivity index (χ0v) is 23.1. The van der Waals surface area contributed by atoms with Crippen molar-refractivity contribution >= 4 is 23.6 Å². The van der Waals surface area contributed by atoms with Gasteiger partial charge in [-0.05, 0) is 67.7 Å². The minimum Gasteiger partial charge on any atom is -0.435 e. The summed E-state index contributed by atoms with van der Waals surface area (Å²) in [5.74, 6) is -6.27. The maximum Gasteiger partial charge on any atom is 0.228 e. The molecular formula is C28H26F6N6OS. The lowest BCUT2D eigenvalue weighted by molar-refractivity contribution is 0.266. The summed E-state index contributed by atoms with van der Waals surface area (Å²) in [5, 5.41) is 5.74. The summed E-state index contributed by atoms with van der Waals surface area (Å²) in [4.78, 5) is 12.3. The Balaban J connectivity index is 0.000000507. The Labute approximate surface area is 242 Å². The van der Waals surface area contributed by atoms with Crippen molar-refractivity contribution in [1.82, 2.24) is 20.3 Å². The van der Waals surface area contributed by atoms with Gasteiger partial charge < -0.3 is 20.1 Å². The van der Waals surface area contributed by atoms with Crippen LogP contribution in [0.4, 0.5) is 38.0 Å². The number of aromatic nitrogens is 3. The summed E-state index contributed by atoms with van der Waals surface area (Å²) in [6, 6.07) is 8.23. The van der Waals surface area contributed by atoms with E-state index in [1.807, 2.05) is 0 Å². The maximum absolute atomic E-state index is 14.8. The number of halogens is 6. The highest BCUT2D eigenvalue weighted by molar-refractivity contribution is 7.99. The topological polar surface area (TPSA) is 84.0 Å². The minimum atomic E-state index is -1.55. The molecule has 4 aromatic rings. The maximum atomic E-state index is 14.8. The summed E-state index contributed by atoms with van der Waals surface area (Å²) in [6.45, 7) is 1.57. The van der Waals surface area contributed by atoms with E-state index in [-0.39, 0.29) is 17.2 Å². The molecule has 1 aliphatic rings. The SMILES string of the molecule is CNc1nccc(-c2cccnc2Oc2cc(F)c(NSCc3cc(F)ccc3F)c(F)c2F)n1.FC1CCCNC1. The van der Waals surface area contributed by atoms with Crippen molar-refractivity contribution in [3.05, 3.63) is 89.5 Å². The number of piperidine rings is 1. The van der Waals surface area contributed by atoms with Crippen molar-refractivity contribution in [3.8, 4) is 22.9 Å². The number of hydrogen-bond acceptors (Lipinski definition) is 8. The quantitative estimate of drug-likeness (QED) is 0.112. The van der Waals surface area contributed by atoms with Crippen molar-refractivity contribution in [1.29, 1.82) is 0 Å². The fourth-order valence-electron chi connectivity index (χ4n) is 3.79. The lowest BCUT2D eigenvalue weighted by Gasteiger charge is -2.14. The highest BCUT2D eigenvalue weighted by atomic mass is 32.2. The van der Waals surface area contributed by atoms with Crippen LogP contribution in [0.5, 0.6) is 11.6 Å². The molecule has 5 rings (SSSR count). The molecule has 1 unspecified atom stereocenters. The van der Waals surface area contributed by atoms with Crippen LogP contribution in [0.15, 0.2) is 54.9 Å². The summed E-state index contributed by atoms with van der Waals surface area (Å²) in [6.07, 6.45) is 4.03. The van der Waals surface area contributed by atoms with Gasteiger partial charge in [-0.3, -0.25) is 0 Å². The monoisotopic (exact) mass is 608 g/mol. The second kappa shape index (κ2) is 14.7. The number of hydrogen-bond donors (Lipinski definition) is 3. The van der Waals surface area contributed by atoms with Gasteiger partial charge in [0.2, 0.25) is 17.6 Å². The number of pyridine rings is 1. The Hall–Kier alpha value is -4.04. The summed E-state index contributed by atoms with van der Waals surface area (Å²) in [7, 11) is 1.63. The number of alkyl halides is 1. The van der Waals surface area contributed by atoms with Crippen LogP contribution in [0.25, 0.3) is 11.3 Å². The Morgan fingerprint density at radius 2 is 1.83 bits per heavy atom. The molecule has 1 saturated heterocycles. The number of rotatable bonds is 8. The number of benzene rings is 2. The van der Waals surface area contributed by atoms with E-state index >= 15 is 0 Å². The van der Waals surface area contributed by atoms with Crippen LogP contribution in [0, 0.1) is 29.1 Å². The zero-order chi connectivity index (χ0) is 30.1. The molecule has 0 radical (unpaired) electrons. The standard InChI is InChI=1S/C23H16F5N5OS.C5H10FN/c1-29-23-31-8-6-17(32-23)14-3-2-7-30-22(14)34-18-10-16(26)21(20(28)19(18)27)33-35-11-12-9-13(24)4-5-15(12)25;6-5-2-1-3-7-4-5/h2-10,33H,11H2,1H3,(H,29,31,32);5,7H,1-4H2. The summed E-state index contributed by atoms with van der Waals surface area (Å²) < 4.78 is 90.9. The van der Waals surface area contributed by atoms with Gasteiger partial charge in [-0.2, -0.15) is 4.39 Å². The third kappa shape index (κ3) is 8.03. The van der Waals surface area contributed by atoms with E-state index in [2.05, 4.69) is 30.3 Å². The highest BCUT2D eigenvalue weighted by Gasteiger charge is 2.22. The average Bonchev–Trinajstić information content (AvgIpc) is 3.00. The van der Waals surface area contributed by atoms with Crippen LogP contribution in [0.3, 0.4) is 0 Å². The van der Waals surface area contributed by atoms with E-state index in [9.17, 15) is 26.3 Å².